The number of carbonyl (C=O) groups is 3. The van der Waals surface area contributed by atoms with Crippen LogP contribution in [0.4, 0.5) is 5.13 Å². The lowest BCUT2D eigenvalue weighted by atomic mass is 10.0. The van der Waals surface area contributed by atoms with Gasteiger partial charge in [0.15, 0.2) is 10.8 Å². The average molecular weight is 614 g/mol. The molecule has 212 valence electrons. The van der Waals surface area contributed by atoms with Crippen LogP contribution in [0.15, 0.2) is 69.9 Å². The molecule has 0 spiro atoms. The average Bonchev–Trinajstić information content (AvgIpc) is 3.61. The van der Waals surface area contributed by atoms with E-state index in [2.05, 4.69) is 37.6 Å². The first kappa shape index (κ1) is 28.3. The molecule has 1 saturated heterocycles. The molecule has 4 N–H and O–H groups in total. The van der Waals surface area contributed by atoms with Gasteiger partial charge in [0, 0.05) is 16.9 Å². The Kier molecular flexibility index (Phi) is 8.65. The van der Waals surface area contributed by atoms with Crippen LogP contribution in [0.5, 0.6) is 0 Å². The number of carbonyl (C=O) groups excluding carboxylic acids is 2. The smallest absolute Gasteiger partial charge is 0.352 e. The van der Waals surface area contributed by atoms with E-state index in [9.17, 15) is 19.5 Å². The molecule has 2 atom stereocenters. The first-order chi connectivity index (χ1) is 19.9. The molecule has 3 aromatic rings. The fourth-order valence-corrected chi connectivity index (χ4v) is 6.96. The highest BCUT2D eigenvalue weighted by Gasteiger charge is 2.54. The van der Waals surface area contributed by atoms with E-state index in [4.69, 9.17) is 10.6 Å². The number of tetrazole rings is 1. The number of aromatic nitrogens is 5. The number of carboxylic acid groups (broad SMARTS) is 1. The minimum Gasteiger partial charge on any atom is -0.477 e. The van der Waals surface area contributed by atoms with Crippen molar-refractivity contribution in [3.8, 4) is 0 Å². The number of hydrogen-bond donors (Lipinski definition) is 3. The number of nitrogen functional groups attached to an aromatic ring is 1. The molecule has 0 bridgehead atoms. The van der Waals surface area contributed by atoms with E-state index >= 15 is 0 Å². The number of benzene rings is 1. The van der Waals surface area contributed by atoms with Crippen LogP contribution in [0, 0.1) is 0 Å². The molecule has 1 fully saturated rings. The third-order valence-corrected chi connectivity index (χ3v) is 8.98. The van der Waals surface area contributed by atoms with E-state index in [0.29, 0.717) is 23.0 Å². The minimum absolute atomic E-state index is 0.105. The number of thioether (sulfide) groups is 2. The summed E-state index contributed by atoms with van der Waals surface area (Å²) in [4.78, 5) is 49.4. The zero-order valence-corrected chi connectivity index (χ0v) is 23.7. The summed E-state index contributed by atoms with van der Waals surface area (Å²) in [5.74, 6) is -1.88. The second-order valence-corrected chi connectivity index (χ2v) is 11.5. The van der Waals surface area contributed by atoms with Gasteiger partial charge < -0.3 is 21.0 Å². The van der Waals surface area contributed by atoms with Crippen LogP contribution in [0.3, 0.4) is 0 Å². The Morgan fingerprint density at radius 2 is 2.15 bits per heavy atom. The number of oxime groups is 1. The highest BCUT2D eigenvalue weighted by Crippen LogP contribution is 2.41. The summed E-state index contributed by atoms with van der Waals surface area (Å²) in [6.07, 6.45) is 1.64. The number of aliphatic carboxylic acids is 1. The maximum absolute atomic E-state index is 13.3. The van der Waals surface area contributed by atoms with E-state index in [1.165, 1.54) is 33.1 Å². The molecule has 41 heavy (non-hydrogen) atoms. The molecular weight excluding hydrogens is 591 g/mol. The summed E-state index contributed by atoms with van der Waals surface area (Å²) in [5.41, 5.74) is 7.09. The lowest BCUT2D eigenvalue weighted by Crippen LogP contribution is -2.71. The van der Waals surface area contributed by atoms with Crippen molar-refractivity contribution < 1.29 is 24.3 Å². The van der Waals surface area contributed by atoms with Crippen LogP contribution in [-0.2, 0) is 32.4 Å². The van der Waals surface area contributed by atoms with Crippen LogP contribution < -0.4 is 11.1 Å². The van der Waals surface area contributed by atoms with Crippen molar-refractivity contribution >= 4 is 63.5 Å². The predicted octanol–water partition coefficient (Wildman–Crippen LogP) is 1.35. The van der Waals surface area contributed by atoms with Crippen molar-refractivity contribution in [2.24, 2.45) is 5.16 Å². The third-order valence-electron chi connectivity index (χ3n) is 5.92. The lowest BCUT2D eigenvalue weighted by Gasteiger charge is -2.49. The lowest BCUT2D eigenvalue weighted by molar-refractivity contribution is -0.150. The highest BCUT2D eigenvalue weighted by molar-refractivity contribution is 8.01. The van der Waals surface area contributed by atoms with Gasteiger partial charge in [-0.2, -0.15) is 0 Å². The number of β-lactam (4-membered cyclic amide) rings is 1. The summed E-state index contributed by atoms with van der Waals surface area (Å²) in [5, 5.41) is 29.8. The number of anilines is 1. The molecule has 2 amide bonds. The topological polar surface area (TPSA) is 191 Å². The zero-order chi connectivity index (χ0) is 28.9. The molecule has 4 heterocycles. The van der Waals surface area contributed by atoms with E-state index in [1.807, 2.05) is 30.3 Å². The molecular formula is C24H23N9O5S3. The summed E-state index contributed by atoms with van der Waals surface area (Å²) in [6.45, 7) is 4.18. The number of thiazole rings is 1. The van der Waals surface area contributed by atoms with Gasteiger partial charge in [-0.05, 0) is 21.6 Å². The maximum atomic E-state index is 13.3. The molecule has 0 saturated carbocycles. The molecule has 0 aliphatic carbocycles. The third kappa shape index (κ3) is 6.10. The molecule has 17 heteroatoms. The molecule has 5 rings (SSSR count). The second-order valence-electron chi connectivity index (χ2n) is 8.61. The van der Waals surface area contributed by atoms with Gasteiger partial charge in [0.2, 0.25) is 5.16 Å². The van der Waals surface area contributed by atoms with E-state index in [0.717, 1.165) is 16.9 Å². The quantitative estimate of drug-likeness (QED) is 0.0875. The normalized spacial score (nSPS) is 18.5. The molecule has 14 nitrogen and oxygen atoms in total. The molecule has 0 radical (unpaired) electrons. The van der Waals surface area contributed by atoms with E-state index in [-0.39, 0.29) is 34.6 Å². The van der Waals surface area contributed by atoms with Crippen LogP contribution in [0.1, 0.15) is 11.3 Å². The Bertz CT molecular complexity index is 1540. The molecule has 1 aromatic carbocycles. The van der Waals surface area contributed by atoms with Crippen LogP contribution >= 0.6 is 34.9 Å². The van der Waals surface area contributed by atoms with Crippen molar-refractivity contribution in [2.45, 2.75) is 29.7 Å². The Labute approximate surface area is 245 Å². The number of rotatable bonds is 12. The van der Waals surface area contributed by atoms with Crippen molar-refractivity contribution in [3.63, 3.8) is 0 Å². The number of allylic oxidation sites excluding steroid dienone is 1. The van der Waals surface area contributed by atoms with Gasteiger partial charge in [-0.1, -0.05) is 53.3 Å². The van der Waals surface area contributed by atoms with Crippen LogP contribution in [0.2, 0.25) is 0 Å². The molecule has 2 aromatic heterocycles. The molecule has 2 aliphatic rings. The van der Waals surface area contributed by atoms with Crippen molar-refractivity contribution in [3.05, 3.63) is 70.9 Å². The van der Waals surface area contributed by atoms with Gasteiger partial charge in [0.25, 0.3) is 11.8 Å². The van der Waals surface area contributed by atoms with Gasteiger partial charge in [0.05, 0.1) is 6.54 Å². The Morgan fingerprint density at radius 3 is 2.85 bits per heavy atom. The Hall–Kier alpha value is -4.22. The first-order valence-electron chi connectivity index (χ1n) is 12.0. The van der Waals surface area contributed by atoms with Gasteiger partial charge in [-0.15, -0.1) is 34.8 Å². The van der Waals surface area contributed by atoms with Crippen molar-refractivity contribution in [2.75, 3.05) is 17.2 Å². The second kappa shape index (κ2) is 12.5. The first-order valence-corrected chi connectivity index (χ1v) is 14.9. The number of carboxylic acids is 1. The van der Waals surface area contributed by atoms with Gasteiger partial charge >= 0.3 is 5.97 Å². The summed E-state index contributed by atoms with van der Waals surface area (Å²) < 4.78 is 1.54. The maximum Gasteiger partial charge on any atom is 0.352 e. The Morgan fingerprint density at radius 1 is 1.34 bits per heavy atom. The van der Waals surface area contributed by atoms with E-state index < -0.39 is 29.2 Å². The van der Waals surface area contributed by atoms with Gasteiger partial charge in [-0.25, -0.2) is 14.5 Å². The number of fused-ring (bicyclic) bond motifs is 1. The SMILES string of the molecule is C=CCn1nnnc1SCC1=C(C(=O)O)N2C(=O)C(NC(=O)/C(=N/OCc3ccccc3)c3csc(N)n3)[C@H]2SC1. The summed E-state index contributed by atoms with van der Waals surface area (Å²) >= 11 is 3.74. The number of amides is 2. The predicted molar refractivity (Wildman–Crippen MR) is 153 cm³/mol. The van der Waals surface area contributed by atoms with E-state index in [1.54, 1.807) is 11.5 Å². The fraction of sp³-hybridized carbons (Fsp3) is 0.250. The summed E-state index contributed by atoms with van der Waals surface area (Å²) in [7, 11) is 0. The number of nitrogens with one attached hydrogen (secondary N) is 1. The number of nitrogens with zero attached hydrogens (tertiary/aromatic N) is 7. The summed E-state index contributed by atoms with van der Waals surface area (Å²) in [6, 6.07) is 8.30. The van der Waals surface area contributed by atoms with Crippen molar-refractivity contribution in [1.29, 1.82) is 0 Å². The zero-order valence-electron chi connectivity index (χ0n) is 21.2. The van der Waals surface area contributed by atoms with Crippen LogP contribution in [0.25, 0.3) is 0 Å². The monoisotopic (exact) mass is 613 g/mol. The van der Waals surface area contributed by atoms with Gasteiger partial charge in [-0.3, -0.25) is 14.5 Å². The molecule has 1 unspecified atom stereocenters. The number of nitrogens with two attached hydrogens (primary N) is 1. The molecule has 2 aliphatic heterocycles. The number of hydrogen-bond acceptors (Lipinski definition) is 13. The van der Waals surface area contributed by atoms with Gasteiger partial charge in [0.1, 0.15) is 29.4 Å². The van der Waals surface area contributed by atoms with Crippen molar-refractivity contribution in [1.82, 2.24) is 35.4 Å². The minimum atomic E-state index is -1.23. The van der Waals surface area contributed by atoms with Crippen LogP contribution in [-0.4, -0.2) is 81.6 Å². The Balaban J connectivity index is 1.29. The largest absolute Gasteiger partial charge is 0.477 e. The highest BCUT2D eigenvalue weighted by atomic mass is 32.2. The standard InChI is InChI=1S/C24H23N9O5S3/c1-2-8-32-24(28-30-31-32)41-11-14-10-39-21-17(20(35)33(21)18(14)22(36)37)27-19(34)16(15-12-40-23(25)26-15)29-38-9-13-6-4-3-5-7-13/h2-7,12,17,21H,1,8-11H2,(H2,25,26)(H,27,34)(H,36,37)/b29-16+/t17?,21-/m1/s1. The fourth-order valence-electron chi connectivity index (χ4n) is 4.04.